The minimum absolute atomic E-state index is 0.0145. The van der Waals surface area contributed by atoms with Crippen LogP contribution in [0.1, 0.15) is 5.56 Å². The average molecular weight is 366 g/mol. The Balaban J connectivity index is 2.27. The number of aromatic hydroxyl groups is 1. The fourth-order valence-corrected chi connectivity index (χ4v) is 2.42. The van der Waals surface area contributed by atoms with Gasteiger partial charge in [-0.05, 0) is 35.9 Å². The van der Waals surface area contributed by atoms with Crippen molar-refractivity contribution in [2.24, 2.45) is 10.2 Å². The lowest BCUT2D eigenvalue weighted by atomic mass is 10.2. The van der Waals surface area contributed by atoms with E-state index < -0.39 is 20.6 Å². The van der Waals surface area contributed by atoms with Gasteiger partial charge < -0.3 is 9.84 Å². The van der Waals surface area contributed by atoms with Crippen molar-refractivity contribution in [1.29, 1.82) is 0 Å². The number of nitro benzene ring substituents is 1. The van der Waals surface area contributed by atoms with E-state index in [1.54, 1.807) is 6.07 Å². The zero-order valence-electron chi connectivity index (χ0n) is 12.9. The van der Waals surface area contributed by atoms with Crippen molar-refractivity contribution in [3.63, 3.8) is 0 Å². The van der Waals surface area contributed by atoms with Crippen LogP contribution >= 0.6 is 0 Å². The third kappa shape index (κ3) is 4.43. The molecule has 10 nitrogen and oxygen atoms in total. The number of hydrazone groups is 1. The highest BCUT2D eigenvalue weighted by atomic mass is 32.2. The Morgan fingerprint density at radius 2 is 2.04 bits per heavy atom. The largest absolute Gasteiger partial charge is 0.504 e. The van der Waals surface area contributed by atoms with Crippen LogP contribution in [-0.4, -0.2) is 31.8 Å². The molecule has 0 saturated heterocycles. The molecule has 2 rings (SSSR count). The summed E-state index contributed by atoms with van der Waals surface area (Å²) in [7, 11) is -2.67. The number of nitro groups is 1. The normalized spacial score (nSPS) is 11.4. The number of rotatable bonds is 6. The predicted molar refractivity (Wildman–Crippen MR) is 90.3 cm³/mol. The summed E-state index contributed by atoms with van der Waals surface area (Å²) in [5.41, 5.74) is 2.52. The number of nitrogens with two attached hydrogens (primary N) is 1. The maximum Gasteiger partial charge on any atom is 0.295 e. The molecule has 0 aliphatic rings. The monoisotopic (exact) mass is 366 g/mol. The third-order valence-electron chi connectivity index (χ3n) is 3.10. The average Bonchev–Trinajstić information content (AvgIpc) is 2.55. The van der Waals surface area contributed by atoms with Gasteiger partial charge >= 0.3 is 0 Å². The van der Waals surface area contributed by atoms with E-state index in [9.17, 15) is 23.6 Å². The highest BCUT2D eigenvalue weighted by Crippen LogP contribution is 2.28. The summed E-state index contributed by atoms with van der Waals surface area (Å²) < 4.78 is 27.5. The maximum atomic E-state index is 11.3. The first-order valence-electron chi connectivity index (χ1n) is 6.69. The van der Waals surface area contributed by atoms with Crippen LogP contribution in [0.4, 0.5) is 11.4 Å². The molecule has 0 fully saturated rings. The second-order valence-corrected chi connectivity index (χ2v) is 6.34. The number of hydrogen-bond acceptors (Lipinski definition) is 8. The standard InChI is InChI=1S/C14H14N4O6S/c1-24-14-6-9(2-5-13(14)19)8-16-17-11-4-3-10(25(15,22)23)7-12(11)18(20)21/h2-8,17,19H,1H3,(H2,15,22,23). The first-order valence-corrected chi connectivity index (χ1v) is 8.24. The number of hydrogen-bond donors (Lipinski definition) is 3. The number of primary sulfonamides is 1. The quantitative estimate of drug-likeness (QED) is 0.396. The molecule has 132 valence electrons. The molecule has 0 aliphatic heterocycles. The molecule has 0 aromatic heterocycles. The number of ether oxygens (including phenoxy) is 1. The molecule has 0 bridgehead atoms. The Hall–Kier alpha value is -3.18. The fraction of sp³-hybridized carbons (Fsp3) is 0.0714. The molecule has 0 unspecified atom stereocenters. The summed E-state index contributed by atoms with van der Waals surface area (Å²) in [5.74, 6) is 0.203. The molecule has 11 heteroatoms. The van der Waals surface area contributed by atoms with Crippen molar-refractivity contribution in [2.75, 3.05) is 12.5 Å². The van der Waals surface area contributed by atoms with Crippen LogP contribution in [0.5, 0.6) is 11.5 Å². The number of methoxy groups -OCH3 is 1. The van der Waals surface area contributed by atoms with E-state index in [4.69, 9.17) is 9.88 Å². The van der Waals surface area contributed by atoms with Crippen LogP contribution in [0.3, 0.4) is 0 Å². The minimum atomic E-state index is -4.06. The first-order chi connectivity index (χ1) is 11.7. The highest BCUT2D eigenvalue weighted by Gasteiger charge is 2.18. The molecule has 0 saturated carbocycles. The maximum absolute atomic E-state index is 11.3. The number of sulfonamides is 1. The second kappa shape index (κ2) is 7.15. The molecular weight excluding hydrogens is 352 g/mol. The molecule has 25 heavy (non-hydrogen) atoms. The minimum Gasteiger partial charge on any atom is -0.504 e. The fourth-order valence-electron chi connectivity index (χ4n) is 1.88. The van der Waals surface area contributed by atoms with Crippen LogP contribution in [0.25, 0.3) is 0 Å². The lowest BCUT2D eigenvalue weighted by Crippen LogP contribution is -2.12. The summed E-state index contributed by atoms with van der Waals surface area (Å²) in [6.07, 6.45) is 1.35. The molecule has 0 aliphatic carbocycles. The Kier molecular flexibility index (Phi) is 5.20. The van der Waals surface area contributed by atoms with E-state index in [1.807, 2.05) is 0 Å². The molecule has 0 spiro atoms. The van der Waals surface area contributed by atoms with Gasteiger partial charge in [-0.25, -0.2) is 13.6 Å². The van der Waals surface area contributed by atoms with Crippen LogP contribution in [0, 0.1) is 10.1 Å². The van der Waals surface area contributed by atoms with Crippen molar-refractivity contribution >= 4 is 27.6 Å². The van der Waals surface area contributed by atoms with Gasteiger partial charge in [-0.3, -0.25) is 15.5 Å². The Morgan fingerprint density at radius 3 is 2.64 bits per heavy atom. The molecule has 0 radical (unpaired) electrons. The van der Waals surface area contributed by atoms with E-state index in [0.717, 1.165) is 12.1 Å². The van der Waals surface area contributed by atoms with E-state index >= 15 is 0 Å². The zero-order valence-corrected chi connectivity index (χ0v) is 13.7. The van der Waals surface area contributed by atoms with Gasteiger partial charge in [0.05, 0.1) is 23.1 Å². The van der Waals surface area contributed by atoms with Crippen molar-refractivity contribution in [1.82, 2.24) is 0 Å². The smallest absolute Gasteiger partial charge is 0.295 e. The van der Waals surface area contributed by atoms with Crippen molar-refractivity contribution in [3.05, 3.63) is 52.1 Å². The van der Waals surface area contributed by atoms with Crippen LogP contribution < -0.4 is 15.3 Å². The summed E-state index contributed by atoms with van der Waals surface area (Å²) in [6.45, 7) is 0. The first kappa shape index (κ1) is 18.2. The number of phenols is 1. The van der Waals surface area contributed by atoms with E-state index in [1.165, 1.54) is 31.5 Å². The predicted octanol–water partition coefficient (Wildman–Crippen LogP) is 1.40. The molecule has 4 N–H and O–H groups in total. The molecule has 0 heterocycles. The molecular formula is C14H14N4O6S. The summed E-state index contributed by atoms with van der Waals surface area (Å²) in [6, 6.07) is 7.64. The van der Waals surface area contributed by atoms with E-state index in [-0.39, 0.29) is 22.1 Å². The Bertz CT molecular complexity index is 942. The number of benzene rings is 2. The van der Waals surface area contributed by atoms with Gasteiger partial charge in [0.2, 0.25) is 10.0 Å². The van der Waals surface area contributed by atoms with Crippen molar-refractivity contribution in [3.8, 4) is 11.5 Å². The molecule has 2 aromatic carbocycles. The van der Waals surface area contributed by atoms with Crippen LogP contribution in [0.15, 0.2) is 46.4 Å². The molecule has 0 amide bonds. The van der Waals surface area contributed by atoms with Crippen LogP contribution in [-0.2, 0) is 10.0 Å². The summed E-state index contributed by atoms with van der Waals surface area (Å²) in [5, 5.41) is 29.4. The third-order valence-corrected chi connectivity index (χ3v) is 4.01. The Labute approximate surface area is 142 Å². The molecule has 0 atom stereocenters. The SMILES string of the molecule is COc1cc(C=NNc2ccc(S(N)(=O)=O)cc2[N+](=O)[O-])ccc1O. The van der Waals surface area contributed by atoms with Gasteiger partial charge in [-0.2, -0.15) is 5.10 Å². The van der Waals surface area contributed by atoms with Gasteiger partial charge in [0.1, 0.15) is 5.69 Å². The number of nitrogens with one attached hydrogen (secondary N) is 1. The van der Waals surface area contributed by atoms with Gasteiger partial charge in [-0.15, -0.1) is 0 Å². The van der Waals surface area contributed by atoms with E-state index in [0.29, 0.717) is 5.56 Å². The number of nitrogens with zero attached hydrogens (tertiary/aromatic N) is 2. The lowest BCUT2D eigenvalue weighted by Gasteiger charge is -2.05. The van der Waals surface area contributed by atoms with Gasteiger partial charge in [-0.1, -0.05) is 0 Å². The lowest BCUT2D eigenvalue weighted by molar-refractivity contribution is -0.384. The summed E-state index contributed by atoms with van der Waals surface area (Å²) in [4.78, 5) is 9.96. The van der Waals surface area contributed by atoms with Gasteiger partial charge in [0, 0.05) is 6.07 Å². The number of phenolic OH excluding ortho intramolecular Hbond substituents is 1. The summed E-state index contributed by atoms with van der Waals surface area (Å²) >= 11 is 0. The van der Waals surface area contributed by atoms with Crippen molar-refractivity contribution in [2.45, 2.75) is 4.90 Å². The second-order valence-electron chi connectivity index (χ2n) is 4.78. The van der Waals surface area contributed by atoms with E-state index in [2.05, 4.69) is 10.5 Å². The van der Waals surface area contributed by atoms with Gasteiger partial charge in [0.25, 0.3) is 5.69 Å². The van der Waals surface area contributed by atoms with Crippen LogP contribution in [0.2, 0.25) is 0 Å². The Morgan fingerprint density at radius 1 is 1.32 bits per heavy atom. The van der Waals surface area contributed by atoms with Crippen molar-refractivity contribution < 1.29 is 23.2 Å². The number of anilines is 1. The zero-order chi connectivity index (χ0) is 18.6. The molecule has 2 aromatic rings. The topological polar surface area (TPSA) is 157 Å². The highest BCUT2D eigenvalue weighted by molar-refractivity contribution is 7.89. The van der Waals surface area contributed by atoms with Gasteiger partial charge in [0.15, 0.2) is 11.5 Å².